The van der Waals surface area contributed by atoms with Crippen molar-refractivity contribution in [2.45, 2.75) is 25.3 Å². The summed E-state index contributed by atoms with van der Waals surface area (Å²) in [5.41, 5.74) is 4.05. The molecule has 2 heterocycles. The van der Waals surface area contributed by atoms with Gasteiger partial charge in [0.05, 0.1) is 23.4 Å². The van der Waals surface area contributed by atoms with Crippen LogP contribution in [0.15, 0.2) is 81.7 Å². The highest BCUT2D eigenvalue weighted by Crippen LogP contribution is 2.35. The highest BCUT2D eigenvalue weighted by molar-refractivity contribution is 7.07. The lowest BCUT2D eigenvalue weighted by atomic mass is 9.94. The Labute approximate surface area is 189 Å². The molecule has 0 saturated carbocycles. The van der Waals surface area contributed by atoms with Crippen molar-refractivity contribution in [3.05, 3.63) is 108 Å². The normalized spacial score (nSPS) is 18.3. The summed E-state index contributed by atoms with van der Waals surface area (Å²) in [6.45, 7) is 0. The molecular weight excluding hydrogens is 428 g/mol. The Morgan fingerprint density at radius 1 is 1.10 bits per heavy atom. The molecule has 31 heavy (non-hydrogen) atoms. The van der Waals surface area contributed by atoms with Crippen LogP contribution in [-0.4, -0.2) is 11.7 Å². The third kappa shape index (κ3) is 3.80. The van der Waals surface area contributed by atoms with Gasteiger partial charge >= 0.3 is 0 Å². The molecule has 0 N–H and O–H groups in total. The van der Waals surface area contributed by atoms with Crippen molar-refractivity contribution in [1.29, 1.82) is 0 Å². The fourth-order valence-electron chi connectivity index (χ4n) is 4.06. The van der Waals surface area contributed by atoms with E-state index in [1.807, 2.05) is 59.2 Å². The largest absolute Gasteiger partial charge is 0.497 e. The molecule has 4 nitrogen and oxygen atoms in total. The van der Waals surface area contributed by atoms with Crippen LogP contribution in [0, 0.1) is 0 Å². The maximum atomic E-state index is 13.5. The molecule has 0 bridgehead atoms. The number of methoxy groups -OCH3 is 1. The summed E-state index contributed by atoms with van der Waals surface area (Å²) in [6, 6.07) is 15.3. The number of hydrogen-bond donors (Lipinski definition) is 0. The number of halogens is 1. The van der Waals surface area contributed by atoms with Crippen LogP contribution in [0.2, 0.25) is 5.02 Å². The first-order valence-electron chi connectivity index (χ1n) is 10.3. The molecule has 5 rings (SSSR count). The van der Waals surface area contributed by atoms with Gasteiger partial charge in [0.2, 0.25) is 0 Å². The van der Waals surface area contributed by atoms with Crippen LogP contribution in [0.3, 0.4) is 0 Å². The molecule has 1 atom stereocenters. The molecule has 0 spiro atoms. The van der Waals surface area contributed by atoms with Gasteiger partial charge in [-0.1, -0.05) is 59.4 Å². The topological polar surface area (TPSA) is 43.6 Å². The van der Waals surface area contributed by atoms with E-state index in [0.29, 0.717) is 9.55 Å². The molecule has 2 aromatic carbocycles. The average Bonchev–Trinajstić information content (AvgIpc) is 2.95. The van der Waals surface area contributed by atoms with E-state index in [9.17, 15) is 4.79 Å². The maximum Gasteiger partial charge on any atom is 0.271 e. The predicted octanol–water partition coefficient (Wildman–Crippen LogP) is 4.62. The van der Waals surface area contributed by atoms with Crippen molar-refractivity contribution in [2.24, 2.45) is 4.99 Å². The lowest BCUT2D eigenvalue weighted by Crippen LogP contribution is -2.38. The fraction of sp³-hybridized carbons (Fsp3) is 0.200. The summed E-state index contributed by atoms with van der Waals surface area (Å²) >= 11 is 7.44. The summed E-state index contributed by atoms with van der Waals surface area (Å²) in [4.78, 5) is 19.2. The lowest BCUT2D eigenvalue weighted by molar-refractivity contribution is 0.414. The van der Waals surface area contributed by atoms with Crippen molar-refractivity contribution in [1.82, 2.24) is 4.57 Å². The predicted molar refractivity (Wildman–Crippen MR) is 126 cm³/mol. The minimum Gasteiger partial charge on any atom is -0.497 e. The van der Waals surface area contributed by atoms with Crippen molar-refractivity contribution in [2.75, 3.05) is 7.11 Å². The van der Waals surface area contributed by atoms with Gasteiger partial charge in [-0.25, -0.2) is 4.99 Å². The molecule has 0 amide bonds. The number of aromatic nitrogens is 1. The van der Waals surface area contributed by atoms with E-state index < -0.39 is 0 Å². The van der Waals surface area contributed by atoms with Crippen LogP contribution in [0.4, 0.5) is 0 Å². The molecular formula is C25H21ClN2O2S. The molecule has 1 aliphatic carbocycles. The molecule has 1 unspecified atom stereocenters. The van der Waals surface area contributed by atoms with Crippen LogP contribution >= 0.6 is 22.9 Å². The van der Waals surface area contributed by atoms with E-state index in [2.05, 4.69) is 12.2 Å². The summed E-state index contributed by atoms with van der Waals surface area (Å²) in [5, 5.41) is 0.674. The summed E-state index contributed by atoms with van der Waals surface area (Å²) in [7, 11) is 1.66. The molecule has 3 aromatic rings. The van der Waals surface area contributed by atoms with Gasteiger partial charge in [0.15, 0.2) is 4.80 Å². The molecule has 0 fully saturated rings. The second-order valence-corrected chi connectivity index (χ2v) is 9.03. The van der Waals surface area contributed by atoms with Gasteiger partial charge in [-0.3, -0.25) is 9.36 Å². The second kappa shape index (κ2) is 8.33. The maximum absolute atomic E-state index is 13.5. The molecule has 1 aromatic heterocycles. The van der Waals surface area contributed by atoms with Crippen molar-refractivity contribution in [3.63, 3.8) is 0 Å². The molecule has 156 valence electrons. The SMILES string of the molecule is COc1ccc(C2C3=CCCCC=C3N=c3s/c(=C/c4ccc(Cl)cc4)c(=O)n32)cc1. The lowest BCUT2D eigenvalue weighted by Gasteiger charge is -2.25. The molecule has 1 aliphatic heterocycles. The van der Waals surface area contributed by atoms with Gasteiger partial charge in [0.1, 0.15) is 5.75 Å². The van der Waals surface area contributed by atoms with Crippen LogP contribution in [0.1, 0.15) is 36.4 Å². The summed E-state index contributed by atoms with van der Waals surface area (Å²) in [6.07, 6.45) is 9.42. The first-order chi connectivity index (χ1) is 15.1. The molecule has 2 aliphatic rings. The van der Waals surface area contributed by atoms with Gasteiger partial charge in [0, 0.05) is 10.6 Å². The molecule has 0 radical (unpaired) electrons. The summed E-state index contributed by atoms with van der Waals surface area (Å²) in [5.74, 6) is 0.796. The number of hydrogen-bond acceptors (Lipinski definition) is 4. The average molecular weight is 449 g/mol. The van der Waals surface area contributed by atoms with E-state index in [1.165, 1.54) is 11.3 Å². The van der Waals surface area contributed by atoms with Gasteiger partial charge < -0.3 is 4.74 Å². The van der Waals surface area contributed by atoms with Gasteiger partial charge in [-0.15, -0.1) is 0 Å². The third-order valence-corrected chi connectivity index (χ3v) is 6.85. The number of ether oxygens (including phenoxy) is 1. The molecule has 6 heteroatoms. The van der Waals surface area contributed by atoms with Crippen LogP contribution in [0.25, 0.3) is 6.08 Å². The number of nitrogens with zero attached hydrogens (tertiary/aromatic N) is 2. The Bertz CT molecular complexity index is 1360. The Balaban J connectivity index is 1.73. The van der Waals surface area contributed by atoms with E-state index >= 15 is 0 Å². The zero-order valence-electron chi connectivity index (χ0n) is 17.0. The first kappa shape index (κ1) is 20.0. The zero-order valence-corrected chi connectivity index (χ0v) is 18.6. The van der Waals surface area contributed by atoms with Gasteiger partial charge in [-0.2, -0.15) is 0 Å². The number of thiazole rings is 1. The highest BCUT2D eigenvalue weighted by Gasteiger charge is 2.29. The smallest absolute Gasteiger partial charge is 0.271 e. The van der Waals surface area contributed by atoms with Crippen LogP contribution in [0.5, 0.6) is 5.75 Å². The van der Waals surface area contributed by atoms with Crippen molar-refractivity contribution >= 4 is 29.0 Å². The van der Waals surface area contributed by atoms with Gasteiger partial charge in [-0.05, 0) is 60.7 Å². The minimum atomic E-state index is -0.195. The van der Waals surface area contributed by atoms with Gasteiger partial charge in [0.25, 0.3) is 5.56 Å². The Hall–Kier alpha value is -2.89. The fourth-order valence-corrected chi connectivity index (χ4v) is 5.19. The van der Waals surface area contributed by atoms with E-state index in [-0.39, 0.29) is 11.6 Å². The van der Waals surface area contributed by atoms with Crippen molar-refractivity contribution in [3.8, 4) is 5.75 Å². The Kier molecular flexibility index (Phi) is 5.38. The number of allylic oxidation sites excluding steroid dienone is 3. The Morgan fingerprint density at radius 2 is 1.84 bits per heavy atom. The Morgan fingerprint density at radius 3 is 2.58 bits per heavy atom. The quantitative estimate of drug-likeness (QED) is 0.587. The second-order valence-electron chi connectivity index (χ2n) is 7.59. The number of fused-ring (bicyclic) bond motifs is 2. The first-order valence-corrected chi connectivity index (χ1v) is 11.5. The standard InChI is InChI=1S/C25H21ClN2O2S/c1-30-19-13-9-17(10-14-19)23-20-5-3-2-4-6-21(20)27-25-28(23)24(29)22(31-25)15-16-7-11-18(26)12-8-16/h5-15,23H,2-4H2,1H3/b22-15+. The highest BCUT2D eigenvalue weighted by atomic mass is 35.5. The van der Waals surface area contributed by atoms with Crippen LogP contribution < -0.4 is 19.6 Å². The minimum absolute atomic E-state index is 0.0243. The van der Waals surface area contributed by atoms with Crippen molar-refractivity contribution < 1.29 is 4.74 Å². The van der Waals surface area contributed by atoms with E-state index in [4.69, 9.17) is 21.3 Å². The van der Waals surface area contributed by atoms with E-state index in [1.54, 1.807) is 7.11 Å². The molecule has 0 saturated heterocycles. The van der Waals surface area contributed by atoms with E-state index in [0.717, 1.165) is 52.2 Å². The van der Waals surface area contributed by atoms with Crippen LogP contribution in [-0.2, 0) is 0 Å². The summed E-state index contributed by atoms with van der Waals surface area (Å²) < 4.78 is 7.83. The monoisotopic (exact) mass is 448 g/mol. The zero-order chi connectivity index (χ0) is 21.4. The third-order valence-electron chi connectivity index (χ3n) is 5.61. The number of rotatable bonds is 3. The number of benzene rings is 2.